The molecule has 1 saturated heterocycles. The highest BCUT2D eigenvalue weighted by atomic mass is 16.5. The van der Waals surface area contributed by atoms with Gasteiger partial charge in [0.15, 0.2) is 5.58 Å². The number of nitrogens with zero attached hydrogens (tertiary/aromatic N) is 2. The number of aromatic nitrogens is 1. The zero-order valence-electron chi connectivity index (χ0n) is 13.9. The molecule has 24 heavy (non-hydrogen) atoms. The summed E-state index contributed by atoms with van der Waals surface area (Å²) in [5, 5.41) is 15.6. The zero-order chi connectivity index (χ0) is 16.5. The topological polar surface area (TPSA) is 49.5 Å². The molecule has 0 aliphatic carbocycles. The molecule has 124 valence electrons. The van der Waals surface area contributed by atoms with Crippen LogP contribution < -0.4 is 0 Å². The molecule has 4 heteroatoms. The Bertz CT molecular complexity index is 841. The second kappa shape index (κ2) is 6.29. The van der Waals surface area contributed by atoms with Crippen LogP contribution in [0.5, 0.6) is 5.75 Å². The van der Waals surface area contributed by atoms with E-state index in [1.165, 1.54) is 12.8 Å². The first-order chi connectivity index (χ1) is 11.7. The number of benzene rings is 2. The van der Waals surface area contributed by atoms with Gasteiger partial charge in [0.2, 0.25) is 0 Å². The van der Waals surface area contributed by atoms with E-state index in [2.05, 4.69) is 17.0 Å². The van der Waals surface area contributed by atoms with Crippen LogP contribution in [-0.2, 0) is 6.54 Å². The van der Waals surface area contributed by atoms with Crippen molar-refractivity contribution >= 4 is 11.0 Å². The molecular formula is C20H22N2O2. The van der Waals surface area contributed by atoms with Crippen LogP contribution >= 0.6 is 0 Å². The maximum Gasteiger partial charge on any atom is 0.175 e. The molecule has 4 rings (SSSR count). The second-order valence-electron chi connectivity index (χ2n) is 6.82. The molecule has 1 fully saturated rings. The minimum Gasteiger partial charge on any atom is -0.507 e. The Morgan fingerprint density at radius 2 is 2.04 bits per heavy atom. The van der Waals surface area contributed by atoms with E-state index in [4.69, 9.17) is 4.52 Å². The van der Waals surface area contributed by atoms with Crippen LogP contribution in [0.15, 0.2) is 47.0 Å². The fourth-order valence-corrected chi connectivity index (χ4v) is 3.66. The van der Waals surface area contributed by atoms with Gasteiger partial charge in [-0.3, -0.25) is 4.90 Å². The number of fused-ring (bicyclic) bond motifs is 1. The molecule has 2 aromatic carbocycles. The lowest BCUT2D eigenvalue weighted by Crippen LogP contribution is -2.33. The molecule has 0 saturated carbocycles. The minimum absolute atomic E-state index is 0.288. The van der Waals surface area contributed by atoms with Gasteiger partial charge in [0.05, 0.1) is 10.9 Å². The molecule has 0 bridgehead atoms. The van der Waals surface area contributed by atoms with Crippen molar-refractivity contribution in [3.05, 3.63) is 48.0 Å². The number of likely N-dealkylation sites (tertiary alicyclic amines) is 1. The van der Waals surface area contributed by atoms with E-state index in [1.54, 1.807) is 6.07 Å². The van der Waals surface area contributed by atoms with Gasteiger partial charge in [0.25, 0.3) is 0 Å². The molecule has 1 aromatic heterocycles. The third-order valence-corrected chi connectivity index (χ3v) is 4.89. The first kappa shape index (κ1) is 15.2. The molecular weight excluding hydrogens is 300 g/mol. The lowest BCUT2D eigenvalue weighted by Gasteiger charge is -2.30. The van der Waals surface area contributed by atoms with E-state index in [9.17, 15) is 5.11 Å². The standard InChI is InChI=1S/C20H22N2O2/c1-14-6-5-11-22(12-14)13-17-18(23)10-9-16-19(21-24-20(16)17)15-7-3-2-4-8-15/h2-4,7-10,14,23H,5-6,11-13H2,1H3. The van der Waals surface area contributed by atoms with Gasteiger partial charge >= 0.3 is 0 Å². The number of piperidine rings is 1. The Morgan fingerprint density at radius 3 is 2.83 bits per heavy atom. The normalized spacial score (nSPS) is 19.0. The Hall–Kier alpha value is -2.33. The molecule has 1 unspecified atom stereocenters. The first-order valence-electron chi connectivity index (χ1n) is 8.60. The number of phenols is 1. The van der Waals surface area contributed by atoms with Crippen LogP contribution in [0.4, 0.5) is 0 Å². The average Bonchev–Trinajstić information content (AvgIpc) is 3.02. The van der Waals surface area contributed by atoms with Gasteiger partial charge in [-0.15, -0.1) is 0 Å². The van der Waals surface area contributed by atoms with Crippen LogP contribution in [0.25, 0.3) is 22.2 Å². The molecule has 0 spiro atoms. The highest BCUT2D eigenvalue weighted by molar-refractivity contribution is 5.94. The van der Waals surface area contributed by atoms with E-state index in [1.807, 2.05) is 36.4 Å². The van der Waals surface area contributed by atoms with Crippen molar-refractivity contribution in [2.45, 2.75) is 26.3 Å². The van der Waals surface area contributed by atoms with Crippen molar-refractivity contribution in [2.75, 3.05) is 13.1 Å². The van der Waals surface area contributed by atoms with Gasteiger partial charge in [0, 0.05) is 18.7 Å². The predicted molar refractivity (Wildman–Crippen MR) is 94.8 cm³/mol. The molecule has 0 amide bonds. The van der Waals surface area contributed by atoms with E-state index >= 15 is 0 Å². The van der Waals surface area contributed by atoms with E-state index < -0.39 is 0 Å². The Labute approximate surface area is 141 Å². The van der Waals surface area contributed by atoms with Crippen LogP contribution in [0, 0.1) is 5.92 Å². The monoisotopic (exact) mass is 322 g/mol. The van der Waals surface area contributed by atoms with Crippen LogP contribution in [0.2, 0.25) is 0 Å². The van der Waals surface area contributed by atoms with Gasteiger partial charge in [-0.05, 0) is 37.4 Å². The minimum atomic E-state index is 0.288. The van der Waals surface area contributed by atoms with Crippen molar-refractivity contribution in [1.82, 2.24) is 10.1 Å². The van der Waals surface area contributed by atoms with Gasteiger partial charge in [-0.2, -0.15) is 0 Å². The third-order valence-electron chi connectivity index (χ3n) is 4.89. The molecule has 1 aliphatic rings. The van der Waals surface area contributed by atoms with Crippen molar-refractivity contribution in [3.8, 4) is 17.0 Å². The summed E-state index contributed by atoms with van der Waals surface area (Å²) in [6, 6.07) is 13.7. The molecule has 1 atom stereocenters. The second-order valence-corrected chi connectivity index (χ2v) is 6.82. The Morgan fingerprint density at radius 1 is 1.21 bits per heavy atom. The molecule has 1 N–H and O–H groups in total. The molecule has 3 aromatic rings. The lowest BCUT2D eigenvalue weighted by atomic mass is 9.99. The van der Waals surface area contributed by atoms with Crippen LogP contribution in [-0.4, -0.2) is 28.3 Å². The van der Waals surface area contributed by atoms with Crippen molar-refractivity contribution in [1.29, 1.82) is 0 Å². The third kappa shape index (κ3) is 2.78. The van der Waals surface area contributed by atoms with Gasteiger partial charge in [-0.25, -0.2) is 0 Å². The number of hydrogen-bond donors (Lipinski definition) is 1. The lowest BCUT2D eigenvalue weighted by molar-refractivity contribution is 0.175. The first-order valence-corrected chi connectivity index (χ1v) is 8.60. The number of hydrogen-bond acceptors (Lipinski definition) is 4. The van der Waals surface area contributed by atoms with Crippen LogP contribution in [0.1, 0.15) is 25.3 Å². The average molecular weight is 322 g/mol. The van der Waals surface area contributed by atoms with Crippen LogP contribution in [0.3, 0.4) is 0 Å². The van der Waals surface area contributed by atoms with Crippen molar-refractivity contribution < 1.29 is 9.63 Å². The van der Waals surface area contributed by atoms with E-state index in [0.29, 0.717) is 18.0 Å². The maximum atomic E-state index is 10.4. The molecule has 1 aliphatic heterocycles. The summed E-state index contributed by atoms with van der Waals surface area (Å²) in [7, 11) is 0. The summed E-state index contributed by atoms with van der Waals surface area (Å²) in [6.07, 6.45) is 2.50. The summed E-state index contributed by atoms with van der Waals surface area (Å²) >= 11 is 0. The summed E-state index contributed by atoms with van der Waals surface area (Å²) < 4.78 is 5.65. The van der Waals surface area contributed by atoms with Gasteiger partial charge in [-0.1, -0.05) is 42.4 Å². The smallest absolute Gasteiger partial charge is 0.175 e. The highest BCUT2D eigenvalue weighted by Gasteiger charge is 2.21. The zero-order valence-corrected chi connectivity index (χ0v) is 13.9. The number of phenolic OH excluding ortho intramolecular Hbond substituents is 1. The Kier molecular flexibility index (Phi) is 3.98. The Balaban J connectivity index is 1.73. The maximum absolute atomic E-state index is 10.4. The fourth-order valence-electron chi connectivity index (χ4n) is 3.66. The number of aromatic hydroxyl groups is 1. The SMILES string of the molecule is CC1CCCN(Cc2c(O)ccc3c(-c4ccccc4)noc23)C1. The molecule has 2 heterocycles. The quantitative estimate of drug-likeness (QED) is 0.775. The summed E-state index contributed by atoms with van der Waals surface area (Å²) in [4.78, 5) is 2.40. The van der Waals surface area contributed by atoms with Crippen molar-refractivity contribution in [3.63, 3.8) is 0 Å². The number of rotatable bonds is 3. The van der Waals surface area contributed by atoms with Gasteiger partial charge in [0.1, 0.15) is 11.4 Å². The van der Waals surface area contributed by atoms with Crippen molar-refractivity contribution in [2.24, 2.45) is 5.92 Å². The predicted octanol–water partition coefficient (Wildman–Crippen LogP) is 4.43. The summed E-state index contributed by atoms with van der Waals surface area (Å²) in [5.41, 5.74) is 3.40. The fraction of sp³-hybridized carbons (Fsp3) is 0.350. The van der Waals surface area contributed by atoms with Gasteiger partial charge < -0.3 is 9.63 Å². The van der Waals surface area contributed by atoms with E-state index in [-0.39, 0.29) is 5.75 Å². The summed E-state index contributed by atoms with van der Waals surface area (Å²) in [6.45, 7) is 5.13. The largest absolute Gasteiger partial charge is 0.507 e. The highest BCUT2D eigenvalue weighted by Crippen LogP contribution is 2.35. The molecule has 4 nitrogen and oxygen atoms in total. The van der Waals surface area contributed by atoms with E-state index in [0.717, 1.165) is 35.3 Å². The summed E-state index contributed by atoms with van der Waals surface area (Å²) in [5.74, 6) is 0.992. The molecule has 0 radical (unpaired) electrons.